The van der Waals surface area contributed by atoms with Gasteiger partial charge in [-0.1, -0.05) is 79.9 Å². The Morgan fingerprint density at radius 2 is 1.40 bits per heavy atom. The summed E-state index contributed by atoms with van der Waals surface area (Å²) in [5, 5.41) is 12.2. The van der Waals surface area contributed by atoms with E-state index in [-0.39, 0.29) is 29.6 Å². The van der Waals surface area contributed by atoms with Gasteiger partial charge < -0.3 is 21.3 Å². The summed E-state index contributed by atoms with van der Waals surface area (Å²) in [7, 11) is 1.72. The first-order valence-electron chi connectivity index (χ1n) is 14.4. The number of carbonyl (C=O) groups is 3. The molecule has 0 radical (unpaired) electrons. The third-order valence-corrected chi connectivity index (χ3v) is 9.47. The van der Waals surface area contributed by atoms with E-state index in [0.29, 0.717) is 6.54 Å². The Hall–Kier alpha value is -2.84. The lowest BCUT2D eigenvalue weighted by molar-refractivity contribution is -0.134. The van der Waals surface area contributed by atoms with Gasteiger partial charge in [0.1, 0.15) is 12.1 Å². The third kappa shape index (κ3) is 8.58. The van der Waals surface area contributed by atoms with E-state index in [9.17, 15) is 14.4 Å². The van der Waals surface area contributed by atoms with Crippen molar-refractivity contribution in [1.82, 2.24) is 21.3 Å². The van der Waals surface area contributed by atoms with Gasteiger partial charge in [0.25, 0.3) is 0 Å². The molecule has 1 aliphatic rings. The minimum absolute atomic E-state index is 0.0302. The molecule has 3 rings (SSSR count). The minimum atomic E-state index is -0.785. The summed E-state index contributed by atoms with van der Waals surface area (Å²) in [4.78, 5) is 40.4. The highest BCUT2D eigenvalue weighted by molar-refractivity contribution is 8.00. The summed E-state index contributed by atoms with van der Waals surface area (Å²) in [6, 6.07) is 18.4. The van der Waals surface area contributed by atoms with E-state index in [1.807, 2.05) is 56.5 Å². The molecule has 0 spiro atoms. The smallest absolute Gasteiger partial charge is 0.244 e. The zero-order valence-corrected chi connectivity index (χ0v) is 25.4. The van der Waals surface area contributed by atoms with E-state index in [1.54, 1.807) is 14.0 Å². The molecule has 0 unspecified atom stereocenters. The second kappa shape index (κ2) is 15.2. The van der Waals surface area contributed by atoms with Gasteiger partial charge >= 0.3 is 0 Å². The zero-order chi connectivity index (χ0) is 29.1. The Morgan fingerprint density at radius 3 is 1.90 bits per heavy atom. The van der Waals surface area contributed by atoms with Crippen molar-refractivity contribution in [2.75, 3.05) is 19.8 Å². The van der Waals surface area contributed by atoms with Crippen LogP contribution in [0.3, 0.4) is 0 Å². The number of hydrogen-bond donors (Lipinski definition) is 4. The number of thioether (sulfide) groups is 1. The second-order valence-electron chi connectivity index (χ2n) is 11.3. The van der Waals surface area contributed by atoms with Crippen molar-refractivity contribution >= 4 is 29.5 Å². The lowest BCUT2D eigenvalue weighted by Crippen LogP contribution is -2.62. The van der Waals surface area contributed by atoms with Crippen LogP contribution in [0.25, 0.3) is 0 Å². The Bertz CT molecular complexity index is 1050. The largest absolute Gasteiger partial charge is 0.353 e. The van der Waals surface area contributed by atoms with Crippen LogP contribution in [0.5, 0.6) is 0 Å². The van der Waals surface area contributed by atoms with Crippen molar-refractivity contribution in [3.8, 4) is 0 Å². The summed E-state index contributed by atoms with van der Waals surface area (Å²) in [5.41, 5.74) is 2.22. The quantitative estimate of drug-likeness (QED) is 0.291. The van der Waals surface area contributed by atoms with Crippen LogP contribution >= 0.6 is 11.8 Å². The summed E-state index contributed by atoms with van der Waals surface area (Å²) in [5.74, 6) is -0.733. The predicted molar refractivity (Wildman–Crippen MR) is 164 cm³/mol. The molecule has 1 fully saturated rings. The second-order valence-corrected chi connectivity index (χ2v) is 12.7. The maximum atomic E-state index is 13.8. The van der Waals surface area contributed by atoms with Gasteiger partial charge in [0.15, 0.2) is 0 Å². The molecule has 1 saturated carbocycles. The molecule has 2 aromatic rings. The van der Waals surface area contributed by atoms with Gasteiger partial charge in [-0.2, -0.15) is 11.8 Å². The Labute approximate surface area is 244 Å². The van der Waals surface area contributed by atoms with Crippen molar-refractivity contribution < 1.29 is 14.4 Å². The molecule has 8 heteroatoms. The molecule has 0 aromatic heterocycles. The number of nitrogens with one attached hydrogen (secondary N) is 4. The monoisotopic (exact) mass is 566 g/mol. The van der Waals surface area contributed by atoms with Crippen LogP contribution in [0.1, 0.15) is 69.9 Å². The van der Waals surface area contributed by atoms with Crippen molar-refractivity contribution in [3.05, 3.63) is 71.8 Å². The Morgan fingerprint density at radius 1 is 0.850 bits per heavy atom. The lowest BCUT2D eigenvalue weighted by atomic mass is 9.83. The van der Waals surface area contributed by atoms with Crippen LogP contribution in [0.15, 0.2) is 60.7 Å². The summed E-state index contributed by atoms with van der Waals surface area (Å²) < 4.78 is -0.575. The van der Waals surface area contributed by atoms with E-state index in [1.165, 1.54) is 11.8 Å². The number of carbonyl (C=O) groups excluding carboxylic acids is 3. The number of hydrogen-bond acceptors (Lipinski definition) is 5. The fourth-order valence-electron chi connectivity index (χ4n) is 5.28. The average molecular weight is 567 g/mol. The van der Waals surface area contributed by atoms with Crippen molar-refractivity contribution in [3.63, 3.8) is 0 Å². The lowest BCUT2D eigenvalue weighted by Gasteiger charge is -2.36. The first-order chi connectivity index (χ1) is 19.2. The van der Waals surface area contributed by atoms with Crippen LogP contribution in [0.4, 0.5) is 0 Å². The summed E-state index contributed by atoms with van der Waals surface area (Å²) >= 11 is 1.53. The molecule has 7 nitrogen and oxygen atoms in total. The van der Waals surface area contributed by atoms with Crippen LogP contribution in [0.2, 0.25) is 0 Å². The highest BCUT2D eigenvalue weighted by Crippen LogP contribution is 2.30. The van der Waals surface area contributed by atoms with Crippen LogP contribution in [-0.2, 0) is 14.4 Å². The van der Waals surface area contributed by atoms with Gasteiger partial charge in [0.2, 0.25) is 17.7 Å². The van der Waals surface area contributed by atoms with Gasteiger partial charge in [-0.05, 0) is 64.0 Å². The molecule has 0 heterocycles. The molecular weight excluding hydrogens is 520 g/mol. The normalized spacial score (nSPS) is 16.6. The van der Waals surface area contributed by atoms with Gasteiger partial charge in [0.05, 0.1) is 6.04 Å². The van der Waals surface area contributed by atoms with Crippen molar-refractivity contribution in [2.45, 2.75) is 81.7 Å². The Balaban J connectivity index is 1.81. The maximum absolute atomic E-state index is 13.8. The minimum Gasteiger partial charge on any atom is -0.353 e. The van der Waals surface area contributed by atoms with Crippen LogP contribution < -0.4 is 21.3 Å². The molecule has 1 aliphatic carbocycles. The SMILES string of the molecule is CN[C@@H](C)C(=O)N[C@H](C(=O)N[C@H](C(=O)NCC(c1ccccc1)c1ccccc1)C(C)(C)SC)C1CCCCC1. The molecule has 3 atom stereocenters. The van der Waals surface area contributed by atoms with Crippen LogP contribution in [-0.4, -0.2) is 60.4 Å². The zero-order valence-electron chi connectivity index (χ0n) is 24.5. The highest BCUT2D eigenvalue weighted by atomic mass is 32.2. The molecule has 3 amide bonds. The topological polar surface area (TPSA) is 99.3 Å². The summed E-state index contributed by atoms with van der Waals surface area (Å²) in [6.07, 6.45) is 6.91. The molecule has 218 valence electrons. The molecule has 0 bridgehead atoms. The maximum Gasteiger partial charge on any atom is 0.244 e. The van der Waals surface area contributed by atoms with E-state index in [0.717, 1.165) is 43.2 Å². The molecule has 0 saturated heterocycles. The molecule has 2 aromatic carbocycles. The van der Waals surface area contributed by atoms with Gasteiger partial charge in [-0.3, -0.25) is 14.4 Å². The van der Waals surface area contributed by atoms with Crippen LogP contribution in [0, 0.1) is 5.92 Å². The number of rotatable bonds is 13. The standard InChI is InChI=1S/C32H46N4O3S/c1-22(33-4)29(37)35-27(25-19-13-8-14-20-25)30(38)36-28(32(2,3)40-5)31(39)34-21-26(23-15-9-6-10-16-23)24-17-11-7-12-18-24/h6-7,9-12,15-18,22,25-28,33H,8,13-14,19-21H2,1-5H3,(H,34,39)(H,35,37)(H,36,38)/t22-,27-,28+/m0/s1. The van der Waals surface area contributed by atoms with E-state index >= 15 is 0 Å². The fraction of sp³-hybridized carbons (Fsp3) is 0.531. The molecule has 40 heavy (non-hydrogen) atoms. The number of likely N-dealkylation sites (N-methyl/N-ethyl adjacent to an activating group) is 1. The summed E-state index contributed by atoms with van der Waals surface area (Å²) in [6.45, 7) is 6.09. The molecular formula is C32H46N4O3S. The van der Waals surface area contributed by atoms with E-state index < -0.39 is 22.9 Å². The molecule has 0 aliphatic heterocycles. The fourth-order valence-corrected chi connectivity index (χ4v) is 5.68. The van der Waals surface area contributed by atoms with E-state index in [2.05, 4.69) is 45.5 Å². The van der Waals surface area contributed by atoms with Gasteiger partial charge in [0, 0.05) is 17.2 Å². The van der Waals surface area contributed by atoms with Gasteiger partial charge in [-0.25, -0.2) is 0 Å². The predicted octanol–water partition coefficient (Wildman–Crippen LogP) is 4.23. The first-order valence-corrected chi connectivity index (χ1v) is 15.6. The number of benzene rings is 2. The number of amides is 3. The Kier molecular flexibility index (Phi) is 12.1. The average Bonchev–Trinajstić information content (AvgIpc) is 2.99. The third-order valence-electron chi connectivity index (χ3n) is 8.18. The van der Waals surface area contributed by atoms with Crippen molar-refractivity contribution in [1.29, 1.82) is 0 Å². The van der Waals surface area contributed by atoms with E-state index in [4.69, 9.17) is 0 Å². The highest BCUT2D eigenvalue weighted by Gasteiger charge is 2.40. The first kappa shape index (κ1) is 31.7. The van der Waals surface area contributed by atoms with Crippen molar-refractivity contribution in [2.24, 2.45) is 5.92 Å². The molecule has 4 N–H and O–H groups in total. The van der Waals surface area contributed by atoms with Gasteiger partial charge in [-0.15, -0.1) is 0 Å².